The fourth-order valence-electron chi connectivity index (χ4n) is 3.35. The Labute approximate surface area is 151 Å². The predicted octanol–water partition coefficient (Wildman–Crippen LogP) is 3.43. The van der Waals surface area contributed by atoms with Crippen LogP contribution in [-0.4, -0.2) is 32.7 Å². The van der Waals surface area contributed by atoms with Gasteiger partial charge < -0.3 is 15.0 Å². The van der Waals surface area contributed by atoms with E-state index in [2.05, 4.69) is 30.5 Å². The normalized spacial score (nSPS) is 17.8. The fraction of sp³-hybridized carbons (Fsp3) is 0.353. The van der Waals surface area contributed by atoms with Crippen LogP contribution in [0.25, 0.3) is 22.2 Å². The zero-order valence-corrected chi connectivity index (χ0v) is 14.8. The molecule has 0 atom stereocenters. The maximum absolute atomic E-state index is 14.4. The molecule has 0 amide bonds. The standard InChI is InChI=1S/C17H15BrFN5O/c18-13-3-10-11(15-12(19)4-21-17(20)23-15)5-24(9-6-25-7-9)16(10)14(22-13)8-1-2-8/h3-5,8-9H,1-2,6-7H2,(H2,20,21,23). The first kappa shape index (κ1) is 15.2. The predicted molar refractivity (Wildman–Crippen MR) is 94.7 cm³/mol. The van der Waals surface area contributed by atoms with Crippen LogP contribution >= 0.6 is 15.9 Å². The van der Waals surface area contributed by atoms with Crippen LogP contribution in [0.3, 0.4) is 0 Å². The summed E-state index contributed by atoms with van der Waals surface area (Å²) in [5.74, 6) is 0.0293. The lowest BCUT2D eigenvalue weighted by molar-refractivity contribution is -0.0214. The number of halogens is 2. The van der Waals surface area contributed by atoms with Crippen molar-refractivity contribution in [3.63, 3.8) is 0 Å². The molecule has 5 rings (SSSR count). The Kier molecular flexibility index (Phi) is 3.33. The fourth-order valence-corrected chi connectivity index (χ4v) is 3.77. The summed E-state index contributed by atoms with van der Waals surface area (Å²) in [7, 11) is 0. The minimum Gasteiger partial charge on any atom is -0.377 e. The van der Waals surface area contributed by atoms with Gasteiger partial charge >= 0.3 is 0 Å². The van der Waals surface area contributed by atoms with Gasteiger partial charge in [-0.1, -0.05) is 0 Å². The van der Waals surface area contributed by atoms with E-state index in [1.54, 1.807) is 0 Å². The molecule has 2 aliphatic rings. The van der Waals surface area contributed by atoms with Crippen molar-refractivity contribution in [2.75, 3.05) is 18.9 Å². The Hall–Kier alpha value is -2.06. The van der Waals surface area contributed by atoms with Gasteiger partial charge in [0, 0.05) is 23.1 Å². The van der Waals surface area contributed by atoms with Crippen LogP contribution < -0.4 is 5.73 Å². The number of hydrogen-bond acceptors (Lipinski definition) is 5. The third kappa shape index (κ3) is 2.43. The van der Waals surface area contributed by atoms with Crippen molar-refractivity contribution in [1.29, 1.82) is 0 Å². The molecule has 6 nitrogen and oxygen atoms in total. The summed E-state index contributed by atoms with van der Waals surface area (Å²) in [5, 5.41) is 0.924. The number of nitrogen functional groups attached to an aromatic ring is 1. The third-order valence-electron chi connectivity index (χ3n) is 4.80. The minimum absolute atomic E-state index is 0.0554. The highest BCUT2D eigenvalue weighted by molar-refractivity contribution is 9.10. The Balaban J connectivity index is 1.83. The average molecular weight is 404 g/mol. The van der Waals surface area contributed by atoms with Crippen LogP contribution in [0.5, 0.6) is 0 Å². The molecule has 1 saturated carbocycles. The van der Waals surface area contributed by atoms with E-state index in [4.69, 9.17) is 15.5 Å². The molecule has 4 heterocycles. The highest BCUT2D eigenvalue weighted by Gasteiger charge is 2.33. The molecule has 0 spiro atoms. The van der Waals surface area contributed by atoms with Gasteiger partial charge in [-0.3, -0.25) is 0 Å². The number of fused-ring (bicyclic) bond motifs is 1. The molecule has 0 radical (unpaired) electrons. The van der Waals surface area contributed by atoms with E-state index in [-0.39, 0.29) is 17.7 Å². The monoisotopic (exact) mass is 403 g/mol. The van der Waals surface area contributed by atoms with Gasteiger partial charge in [0.2, 0.25) is 5.95 Å². The van der Waals surface area contributed by atoms with Crippen molar-refractivity contribution < 1.29 is 9.13 Å². The van der Waals surface area contributed by atoms with Gasteiger partial charge in [-0.05, 0) is 34.8 Å². The molecule has 0 unspecified atom stereocenters. The van der Waals surface area contributed by atoms with E-state index < -0.39 is 5.82 Å². The van der Waals surface area contributed by atoms with Crippen LogP contribution in [0.4, 0.5) is 10.3 Å². The highest BCUT2D eigenvalue weighted by atomic mass is 79.9. The SMILES string of the molecule is Nc1ncc(F)c(-c2cn(C3COC3)c3c(C4CC4)nc(Br)cc23)n1. The number of hydrogen-bond donors (Lipinski definition) is 1. The molecule has 2 N–H and O–H groups in total. The van der Waals surface area contributed by atoms with Crippen LogP contribution in [0.15, 0.2) is 23.1 Å². The third-order valence-corrected chi connectivity index (χ3v) is 5.21. The second-order valence-electron chi connectivity index (χ2n) is 6.57. The molecule has 128 valence electrons. The zero-order chi connectivity index (χ0) is 17.1. The Morgan fingerprint density at radius 2 is 2.08 bits per heavy atom. The number of rotatable bonds is 3. The highest BCUT2D eigenvalue weighted by Crippen LogP contribution is 2.46. The van der Waals surface area contributed by atoms with E-state index in [0.29, 0.717) is 24.7 Å². The lowest BCUT2D eigenvalue weighted by Gasteiger charge is -2.28. The van der Waals surface area contributed by atoms with Crippen molar-refractivity contribution in [3.8, 4) is 11.3 Å². The van der Waals surface area contributed by atoms with Crippen molar-refractivity contribution in [2.24, 2.45) is 0 Å². The number of anilines is 1. The number of ether oxygens (including phenoxy) is 1. The smallest absolute Gasteiger partial charge is 0.220 e. The number of nitrogens with zero attached hydrogens (tertiary/aromatic N) is 4. The summed E-state index contributed by atoms with van der Waals surface area (Å²) in [5.41, 5.74) is 8.73. The summed E-state index contributed by atoms with van der Waals surface area (Å²) >= 11 is 3.50. The Morgan fingerprint density at radius 3 is 2.76 bits per heavy atom. The molecule has 1 aliphatic heterocycles. The largest absolute Gasteiger partial charge is 0.377 e. The van der Waals surface area contributed by atoms with Gasteiger partial charge in [0.25, 0.3) is 0 Å². The molecule has 3 aromatic heterocycles. The quantitative estimate of drug-likeness (QED) is 0.677. The molecule has 25 heavy (non-hydrogen) atoms. The first-order chi connectivity index (χ1) is 12.1. The first-order valence-electron chi connectivity index (χ1n) is 8.19. The van der Waals surface area contributed by atoms with E-state index in [0.717, 1.165) is 40.2 Å². The maximum atomic E-state index is 14.4. The molecule has 1 saturated heterocycles. The van der Waals surface area contributed by atoms with Gasteiger partial charge in [0.15, 0.2) is 5.82 Å². The summed E-state index contributed by atoms with van der Waals surface area (Å²) in [4.78, 5) is 12.6. The topological polar surface area (TPSA) is 78.8 Å². The van der Waals surface area contributed by atoms with Crippen molar-refractivity contribution in [1.82, 2.24) is 19.5 Å². The van der Waals surface area contributed by atoms with Crippen LogP contribution in [0, 0.1) is 5.82 Å². The molecular weight excluding hydrogens is 389 g/mol. The zero-order valence-electron chi connectivity index (χ0n) is 13.2. The molecule has 1 aliphatic carbocycles. The van der Waals surface area contributed by atoms with Gasteiger partial charge in [0.1, 0.15) is 10.3 Å². The lowest BCUT2D eigenvalue weighted by atomic mass is 10.1. The number of pyridine rings is 1. The molecule has 3 aromatic rings. The van der Waals surface area contributed by atoms with E-state index in [1.165, 1.54) is 0 Å². The van der Waals surface area contributed by atoms with Gasteiger partial charge in [-0.15, -0.1) is 0 Å². The molecular formula is C17H15BrFN5O. The van der Waals surface area contributed by atoms with Crippen LogP contribution in [-0.2, 0) is 4.74 Å². The van der Waals surface area contributed by atoms with Gasteiger partial charge in [0.05, 0.1) is 36.7 Å². The van der Waals surface area contributed by atoms with Crippen LogP contribution in [0.2, 0.25) is 0 Å². The molecule has 2 fully saturated rings. The van der Waals surface area contributed by atoms with E-state index >= 15 is 0 Å². The number of aromatic nitrogens is 4. The molecule has 0 bridgehead atoms. The summed E-state index contributed by atoms with van der Waals surface area (Å²) in [6.07, 6.45) is 5.33. The minimum atomic E-state index is -0.487. The van der Waals surface area contributed by atoms with Gasteiger partial charge in [-0.2, -0.15) is 0 Å². The lowest BCUT2D eigenvalue weighted by Crippen LogP contribution is -2.30. The molecule has 8 heteroatoms. The van der Waals surface area contributed by atoms with Crippen molar-refractivity contribution in [3.05, 3.63) is 34.6 Å². The van der Waals surface area contributed by atoms with Crippen LogP contribution in [0.1, 0.15) is 30.5 Å². The summed E-state index contributed by atoms with van der Waals surface area (Å²) in [6.45, 7) is 1.30. The number of nitrogens with two attached hydrogens (primary N) is 1. The van der Waals surface area contributed by atoms with Gasteiger partial charge in [-0.25, -0.2) is 19.3 Å². The average Bonchev–Trinajstić information content (AvgIpc) is 3.31. The van der Waals surface area contributed by atoms with E-state index in [9.17, 15) is 4.39 Å². The second-order valence-corrected chi connectivity index (χ2v) is 7.38. The Bertz CT molecular complexity index is 996. The van der Waals surface area contributed by atoms with Crippen molar-refractivity contribution >= 4 is 32.8 Å². The molecule has 0 aromatic carbocycles. The Morgan fingerprint density at radius 1 is 1.28 bits per heavy atom. The first-order valence-corrected chi connectivity index (χ1v) is 8.98. The second kappa shape index (κ2) is 5.47. The summed E-state index contributed by atoms with van der Waals surface area (Å²) in [6, 6.07) is 2.16. The maximum Gasteiger partial charge on any atom is 0.220 e. The van der Waals surface area contributed by atoms with Crippen molar-refractivity contribution in [2.45, 2.75) is 24.8 Å². The van der Waals surface area contributed by atoms with E-state index in [1.807, 2.05) is 12.3 Å². The summed E-state index contributed by atoms with van der Waals surface area (Å²) < 4.78 is 22.7.